The molecule has 1 aliphatic heterocycles. The number of hydrogen-bond donors (Lipinski definition) is 1. The van der Waals surface area contributed by atoms with Crippen molar-refractivity contribution in [1.82, 2.24) is 10.2 Å². The molecule has 6 nitrogen and oxygen atoms in total. The third-order valence-corrected chi connectivity index (χ3v) is 5.71. The molecule has 2 unspecified atom stereocenters. The van der Waals surface area contributed by atoms with Crippen LogP contribution in [0.2, 0.25) is 0 Å². The van der Waals surface area contributed by atoms with E-state index in [1.807, 2.05) is 18.7 Å². The second-order valence-corrected chi connectivity index (χ2v) is 8.48. The van der Waals surface area contributed by atoms with E-state index in [1.54, 1.807) is 36.4 Å². The number of piperidine rings is 1. The molecule has 2 aromatic rings. The first-order valence-corrected chi connectivity index (χ1v) is 11.2. The summed E-state index contributed by atoms with van der Waals surface area (Å²) in [5, 5.41) is 2.72. The van der Waals surface area contributed by atoms with Crippen LogP contribution in [0.3, 0.4) is 0 Å². The van der Waals surface area contributed by atoms with Crippen LogP contribution >= 0.6 is 0 Å². The molecule has 184 valence electrons. The van der Waals surface area contributed by atoms with Crippen LogP contribution in [0, 0.1) is 0 Å². The van der Waals surface area contributed by atoms with Gasteiger partial charge in [-0.3, -0.25) is 9.59 Å². The van der Waals surface area contributed by atoms with E-state index in [4.69, 9.17) is 9.47 Å². The fraction of sp³-hybridized carbons (Fsp3) is 0.440. The Morgan fingerprint density at radius 3 is 2.32 bits per heavy atom. The highest BCUT2D eigenvalue weighted by Gasteiger charge is 2.29. The van der Waals surface area contributed by atoms with Crippen molar-refractivity contribution in [1.29, 1.82) is 0 Å². The first-order chi connectivity index (χ1) is 16.1. The lowest BCUT2D eigenvalue weighted by molar-refractivity contribution is -0.153. The van der Waals surface area contributed by atoms with Gasteiger partial charge in [-0.2, -0.15) is 13.2 Å². The van der Waals surface area contributed by atoms with Gasteiger partial charge < -0.3 is 19.7 Å². The van der Waals surface area contributed by atoms with E-state index in [9.17, 15) is 22.8 Å². The first-order valence-electron chi connectivity index (χ1n) is 11.2. The smallest absolute Gasteiger partial charge is 0.422 e. The van der Waals surface area contributed by atoms with Crippen LogP contribution < -0.4 is 14.8 Å². The molecule has 0 radical (unpaired) electrons. The van der Waals surface area contributed by atoms with Crippen molar-refractivity contribution in [3.8, 4) is 11.5 Å². The molecule has 2 amide bonds. The van der Waals surface area contributed by atoms with Gasteiger partial charge in [0.1, 0.15) is 11.5 Å². The molecular weight excluding hydrogens is 449 g/mol. The number of carbonyl (C=O) groups is 2. The molecule has 2 atom stereocenters. The van der Waals surface area contributed by atoms with E-state index in [-0.39, 0.29) is 42.8 Å². The molecule has 0 saturated carbocycles. The van der Waals surface area contributed by atoms with Crippen LogP contribution in [-0.4, -0.2) is 48.2 Å². The Bertz CT molecular complexity index is 969. The van der Waals surface area contributed by atoms with Crippen LogP contribution in [-0.2, 0) is 11.3 Å². The second-order valence-electron chi connectivity index (χ2n) is 8.48. The zero-order valence-corrected chi connectivity index (χ0v) is 19.2. The number of benzene rings is 2. The van der Waals surface area contributed by atoms with E-state index in [2.05, 4.69) is 5.32 Å². The molecule has 0 aromatic heterocycles. The topological polar surface area (TPSA) is 67.9 Å². The highest BCUT2D eigenvalue weighted by molar-refractivity contribution is 5.94. The maximum atomic E-state index is 12.6. The Balaban J connectivity index is 1.48. The molecule has 34 heavy (non-hydrogen) atoms. The van der Waals surface area contributed by atoms with E-state index in [0.717, 1.165) is 19.3 Å². The van der Waals surface area contributed by atoms with Gasteiger partial charge in [-0.25, -0.2) is 0 Å². The number of rotatable bonds is 8. The molecule has 1 fully saturated rings. The first kappa shape index (κ1) is 25.4. The Labute approximate surface area is 197 Å². The number of nitrogens with zero attached hydrogens (tertiary/aromatic N) is 1. The molecule has 1 heterocycles. The van der Waals surface area contributed by atoms with Gasteiger partial charge in [-0.1, -0.05) is 12.1 Å². The highest BCUT2D eigenvalue weighted by Crippen LogP contribution is 2.23. The number of alkyl halides is 3. The van der Waals surface area contributed by atoms with Gasteiger partial charge in [0.15, 0.2) is 13.2 Å². The summed E-state index contributed by atoms with van der Waals surface area (Å²) in [6.45, 7) is 2.78. The lowest BCUT2D eigenvalue weighted by atomic mass is 9.97. The maximum absolute atomic E-state index is 12.6. The molecule has 1 N–H and O–H groups in total. The lowest BCUT2D eigenvalue weighted by Crippen LogP contribution is -2.49. The summed E-state index contributed by atoms with van der Waals surface area (Å²) in [5.41, 5.74) is 0.995. The van der Waals surface area contributed by atoms with E-state index in [0.29, 0.717) is 16.9 Å². The number of amides is 2. The third-order valence-electron chi connectivity index (χ3n) is 5.71. The molecule has 3 rings (SSSR count). The third kappa shape index (κ3) is 7.40. The summed E-state index contributed by atoms with van der Waals surface area (Å²) in [7, 11) is 0. The van der Waals surface area contributed by atoms with Crippen LogP contribution in [0.1, 0.15) is 49.0 Å². The van der Waals surface area contributed by atoms with Crippen LogP contribution in [0.15, 0.2) is 48.5 Å². The van der Waals surface area contributed by atoms with Crippen LogP contribution in [0.5, 0.6) is 11.5 Å². The number of likely N-dealkylation sites (tertiary alicyclic amines) is 1. The predicted molar refractivity (Wildman–Crippen MR) is 121 cm³/mol. The fourth-order valence-corrected chi connectivity index (χ4v) is 4.03. The minimum Gasteiger partial charge on any atom is -0.484 e. The Kier molecular flexibility index (Phi) is 8.41. The fourth-order valence-electron chi connectivity index (χ4n) is 4.03. The van der Waals surface area contributed by atoms with E-state index >= 15 is 0 Å². The van der Waals surface area contributed by atoms with Gasteiger partial charge in [0.25, 0.3) is 11.8 Å². The number of carbonyl (C=O) groups excluding carboxylic acids is 2. The second kappa shape index (κ2) is 11.3. The molecule has 1 saturated heterocycles. The van der Waals surface area contributed by atoms with Crippen LogP contribution in [0.4, 0.5) is 13.2 Å². The van der Waals surface area contributed by atoms with Crippen molar-refractivity contribution in [2.45, 2.75) is 57.9 Å². The summed E-state index contributed by atoms with van der Waals surface area (Å²) >= 11 is 0. The van der Waals surface area contributed by atoms with Gasteiger partial charge in [0.05, 0.1) is 0 Å². The van der Waals surface area contributed by atoms with E-state index < -0.39 is 12.8 Å². The monoisotopic (exact) mass is 478 g/mol. The summed E-state index contributed by atoms with van der Waals surface area (Å²) in [5.74, 6) is 0.161. The summed E-state index contributed by atoms with van der Waals surface area (Å²) in [6, 6.07) is 12.9. The number of ether oxygens (including phenoxy) is 2. The minimum absolute atomic E-state index is 0.0528. The minimum atomic E-state index is -4.42. The predicted octanol–water partition coefficient (Wildman–Crippen LogP) is 4.73. The number of hydrogen-bond acceptors (Lipinski definition) is 4. The van der Waals surface area contributed by atoms with Gasteiger partial charge in [-0.15, -0.1) is 0 Å². The summed E-state index contributed by atoms with van der Waals surface area (Å²) in [4.78, 5) is 26.9. The van der Waals surface area contributed by atoms with Crippen molar-refractivity contribution < 1.29 is 32.2 Å². The van der Waals surface area contributed by atoms with Crippen molar-refractivity contribution in [3.63, 3.8) is 0 Å². The highest BCUT2D eigenvalue weighted by atomic mass is 19.4. The molecule has 2 aromatic carbocycles. The SMILES string of the molecule is CC1CCCC(C)N1C(=O)COc1ccc(C(=O)NCc2cccc(OCC(F)(F)F)c2)cc1. The Morgan fingerprint density at radius 1 is 1.00 bits per heavy atom. The van der Waals surface area contributed by atoms with Crippen LogP contribution in [0.25, 0.3) is 0 Å². The zero-order chi connectivity index (χ0) is 24.7. The molecule has 9 heteroatoms. The summed E-state index contributed by atoms with van der Waals surface area (Å²) < 4.78 is 47.3. The largest absolute Gasteiger partial charge is 0.484 e. The normalized spacial score (nSPS) is 18.3. The Morgan fingerprint density at radius 2 is 1.68 bits per heavy atom. The Hall–Kier alpha value is -3.23. The zero-order valence-electron chi connectivity index (χ0n) is 19.2. The van der Waals surface area contributed by atoms with Gasteiger partial charge in [0.2, 0.25) is 0 Å². The molecule has 0 aliphatic carbocycles. The summed E-state index contributed by atoms with van der Waals surface area (Å²) in [6.07, 6.45) is -1.32. The van der Waals surface area contributed by atoms with Gasteiger partial charge >= 0.3 is 6.18 Å². The number of halogens is 3. The quantitative estimate of drug-likeness (QED) is 0.596. The molecule has 0 bridgehead atoms. The molecular formula is C25H29F3N2O4. The standard InChI is InChI=1S/C25H29F3N2O4/c1-17-5-3-6-18(2)30(17)23(31)15-33-21-11-9-20(10-12-21)24(32)29-14-19-7-4-8-22(13-19)34-16-25(26,27)28/h4,7-13,17-18H,3,5-6,14-16H2,1-2H3,(H,29,32). The average Bonchev–Trinajstić information content (AvgIpc) is 2.80. The van der Waals surface area contributed by atoms with E-state index in [1.165, 1.54) is 12.1 Å². The van der Waals surface area contributed by atoms with Gasteiger partial charge in [0, 0.05) is 24.2 Å². The number of nitrogens with one attached hydrogen (secondary N) is 1. The van der Waals surface area contributed by atoms with Gasteiger partial charge in [-0.05, 0) is 75.1 Å². The van der Waals surface area contributed by atoms with Crippen molar-refractivity contribution in [2.75, 3.05) is 13.2 Å². The molecule has 0 spiro atoms. The maximum Gasteiger partial charge on any atom is 0.422 e. The van der Waals surface area contributed by atoms with Crippen molar-refractivity contribution >= 4 is 11.8 Å². The van der Waals surface area contributed by atoms with Crippen molar-refractivity contribution in [2.24, 2.45) is 0 Å². The molecule has 1 aliphatic rings. The van der Waals surface area contributed by atoms with Crippen molar-refractivity contribution in [3.05, 3.63) is 59.7 Å². The average molecular weight is 479 g/mol. The lowest BCUT2D eigenvalue weighted by Gasteiger charge is -2.38.